The summed E-state index contributed by atoms with van der Waals surface area (Å²) in [7, 11) is 1.63. The maximum atomic E-state index is 12.2. The van der Waals surface area contributed by atoms with E-state index in [4.69, 9.17) is 14.2 Å². The first-order valence-electron chi connectivity index (χ1n) is 7.76. The maximum absolute atomic E-state index is 12.2. The Bertz CT molecular complexity index is 836. The van der Waals surface area contributed by atoms with Crippen molar-refractivity contribution in [3.63, 3.8) is 0 Å². The first kappa shape index (κ1) is 15.9. The average molecular weight is 325 g/mol. The topological polar surface area (TPSA) is 60.6 Å². The zero-order chi connectivity index (χ0) is 16.9. The molecule has 124 valence electrons. The van der Waals surface area contributed by atoms with Gasteiger partial charge in [-0.1, -0.05) is 24.3 Å². The van der Waals surface area contributed by atoms with Crippen LogP contribution in [0.1, 0.15) is 23.0 Å². The lowest BCUT2D eigenvalue weighted by atomic mass is 10.2. The third-order valence-corrected chi connectivity index (χ3v) is 3.68. The second kappa shape index (κ2) is 7.08. The van der Waals surface area contributed by atoms with E-state index in [1.54, 1.807) is 14.0 Å². The van der Waals surface area contributed by atoms with Crippen LogP contribution in [0.25, 0.3) is 10.9 Å². The van der Waals surface area contributed by atoms with Gasteiger partial charge in [-0.15, -0.1) is 0 Å². The Morgan fingerprint density at radius 3 is 2.54 bits per heavy atom. The number of nitrogens with one attached hydrogen (secondary N) is 1. The van der Waals surface area contributed by atoms with Gasteiger partial charge in [-0.2, -0.15) is 0 Å². The average Bonchev–Trinajstić information content (AvgIpc) is 2.99. The molecule has 0 aliphatic rings. The largest absolute Gasteiger partial charge is 0.497 e. The number of ether oxygens (including phenoxy) is 3. The number of H-pyrrole nitrogens is 1. The maximum Gasteiger partial charge on any atom is 0.358 e. The molecule has 0 atom stereocenters. The number of aromatic amines is 1. The van der Waals surface area contributed by atoms with Gasteiger partial charge in [0.15, 0.2) is 11.4 Å². The standard InChI is InChI=1S/C19H19NO4/c1-3-23-19(21)17-18(15-6-4-5-7-16(15)20-17)24-12-13-8-10-14(22-2)11-9-13/h4-11,20H,3,12H2,1-2H3. The number of hydrogen-bond acceptors (Lipinski definition) is 4. The number of rotatable bonds is 6. The molecule has 0 spiro atoms. The molecule has 1 heterocycles. The number of aromatic nitrogens is 1. The van der Waals surface area contributed by atoms with Gasteiger partial charge in [-0.05, 0) is 36.8 Å². The lowest BCUT2D eigenvalue weighted by molar-refractivity contribution is 0.0515. The number of hydrogen-bond donors (Lipinski definition) is 1. The summed E-state index contributed by atoms with van der Waals surface area (Å²) in [5.74, 6) is 0.886. The molecule has 0 unspecified atom stereocenters. The van der Waals surface area contributed by atoms with E-state index < -0.39 is 5.97 Å². The Morgan fingerprint density at radius 2 is 1.83 bits per heavy atom. The van der Waals surface area contributed by atoms with Gasteiger partial charge < -0.3 is 19.2 Å². The van der Waals surface area contributed by atoms with Crippen LogP contribution < -0.4 is 9.47 Å². The van der Waals surface area contributed by atoms with E-state index in [-0.39, 0.29) is 0 Å². The lowest BCUT2D eigenvalue weighted by Crippen LogP contribution is -2.07. The van der Waals surface area contributed by atoms with Crippen LogP contribution in [-0.2, 0) is 11.3 Å². The molecule has 0 saturated heterocycles. The Labute approximate surface area is 140 Å². The van der Waals surface area contributed by atoms with Gasteiger partial charge >= 0.3 is 5.97 Å². The van der Waals surface area contributed by atoms with Crippen LogP contribution in [0.3, 0.4) is 0 Å². The Hall–Kier alpha value is -2.95. The van der Waals surface area contributed by atoms with Crippen molar-refractivity contribution in [3.05, 3.63) is 59.8 Å². The van der Waals surface area contributed by atoms with E-state index in [2.05, 4.69) is 4.98 Å². The molecule has 3 rings (SSSR count). The fourth-order valence-electron chi connectivity index (χ4n) is 2.49. The molecule has 0 amide bonds. The number of esters is 1. The van der Waals surface area contributed by atoms with Crippen molar-refractivity contribution >= 4 is 16.9 Å². The molecule has 2 aromatic carbocycles. The fraction of sp³-hybridized carbons (Fsp3) is 0.211. The first-order valence-corrected chi connectivity index (χ1v) is 7.76. The Kier molecular flexibility index (Phi) is 4.70. The van der Waals surface area contributed by atoms with Crippen molar-refractivity contribution in [2.24, 2.45) is 0 Å². The Balaban J connectivity index is 1.88. The van der Waals surface area contributed by atoms with Crippen molar-refractivity contribution in [1.82, 2.24) is 4.98 Å². The molecule has 1 N–H and O–H groups in total. The molecule has 0 saturated carbocycles. The van der Waals surface area contributed by atoms with Gasteiger partial charge in [-0.3, -0.25) is 0 Å². The molecule has 0 aliphatic heterocycles. The summed E-state index contributed by atoms with van der Waals surface area (Å²) < 4.78 is 16.2. The van der Waals surface area contributed by atoms with Crippen LogP contribution in [0.15, 0.2) is 48.5 Å². The SMILES string of the molecule is CCOC(=O)c1[nH]c2ccccc2c1OCc1ccc(OC)cc1. The van der Waals surface area contributed by atoms with E-state index in [1.165, 1.54) is 0 Å². The van der Waals surface area contributed by atoms with Crippen LogP contribution in [0, 0.1) is 0 Å². The van der Waals surface area contributed by atoms with Crippen LogP contribution in [-0.4, -0.2) is 24.7 Å². The van der Waals surface area contributed by atoms with Gasteiger partial charge in [0.2, 0.25) is 0 Å². The summed E-state index contributed by atoms with van der Waals surface area (Å²) in [5.41, 5.74) is 2.16. The van der Waals surface area contributed by atoms with Crippen molar-refractivity contribution < 1.29 is 19.0 Å². The molecule has 0 aliphatic carbocycles. The number of fused-ring (bicyclic) bond motifs is 1. The van der Waals surface area contributed by atoms with Gasteiger partial charge in [-0.25, -0.2) is 4.79 Å². The predicted molar refractivity (Wildman–Crippen MR) is 91.6 cm³/mol. The molecule has 0 radical (unpaired) electrons. The third-order valence-electron chi connectivity index (χ3n) is 3.68. The minimum atomic E-state index is -0.418. The second-order valence-electron chi connectivity index (χ2n) is 5.23. The fourth-order valence-corrected chi connectivity index (χ4v) is 2.49. The monoisotopic (exact) mass is 325 g/mol. The van der Waals surface area contributed by atoms with Gasteiger partial charge in [0, 0.05) is 10.9 Å². The van der Waals surface area contributed by atoms with Crippen LogP contribution >= 0.6 is 0 Å². The summed E-state index contributed by atoms with van der Waals surface area (Å²) in [4.78, 5) is 15.3. The summed E-state index contributed by atoms with van der Waals surface area (Å²) in [5, 5.41) is 0.856. The van der Waals surface area contributed by atoms with Crippen LogP contribution in [0.2, 0.25) is 0 Å². The molecule has 0 bridgehead atoms. The third kappa shape index (κ3) is 3.20. The highest BCUT2D eigenvalue weighted by Gasteiger charge is 2.20. The minimum Gasteiger partial charge on any atom is -0.497 e. The highest BCUT2D eigenvalue weighted by atomic mass is 16.5. The number of para-hydroxylation sites is 1. The van der Waals surface area contributed by atoms with Crippen molar-refractivity contribution in [3.8, 4) is 11.5 Å². The van der Waals surface area contributed by atoms with E-state index in [9.17, 15) is 4.79 Å². The highest BCUT2D eigenvalue weighted by molar-refractivity contribution is 6.00. The molecule has 1 aromatic heterocycles. The lowest BCUT2D eigenvalue weighted by Gasteiger charge is -2.08. The van der Waals surface area contributed by atoms with E-state index in [0.717, 1.165) is 22.2 Å². The van der Waals surface area contributed by atoms with E-state index in [0.29, 0.717) is 24.7 Å². The molecular formula is C19H19NO4. The minimum absolute atomic E-state index is 0.312. The Morgan fingerprint density at radius 1 is 1.08 bits per heavy atom. The molecular weight excluding hydrogens is 306 g/mol. The number of carbonyl (C=O) groups excluding carboxylic acids is 1. The van der Waals surface area contributed by atoms with Crippen LogP contribution in [0.4, 0.5) is 0 Å². The van der Waals surface area contributed by atoms with Gasteiger partial charge in [0.1, 0.15) is 12.4 Å². The number of benzene rings is 2. The molecule has 24 heavy (non-hydrogen) atoms. The molecule has 5 heteroatoms. The first-order chi connectivity index (χ1) is 11.7. The van der Waals surface area contributed by atoms with Gasteiger partial charge in [0.25, 0.3) is 0 Å². The van der Waals surface area contributed by atoms with Crippen molar-refractivity contribution in [1.29, 1.82) is 0 Å². The van der Waals surface area contributed by atoms with E-state index in [1.807, 2.05) is 48.5 Å². The van der Waals surface area contributed by atoms with Gasteiger partial charge in [0.05, 0.1) is 13.7 Å². The molecule has 3 aromatic rings. The predicted octanol–water partition coefficient (Wildman–Crippen LogP) is 3.93. The zero-order valence-corrected chi connectivity index (χ0v) is 13.7. The highest BCUT2D eigenvalue weighted by Crippen LogP contribution is 2.31. The number of methoxy groups -OCH3 is 1. The molecule has 5 nitrogen and oxygen atoms in total. The smallest absolute Gasteiger partial charge is 0.358 e. The van der Waals surface area contributed by atoms with Crippen molar-refractivity contribution in [2.75, 3.05) is 13.7 Å². The zero-order valence-electron chi connectivity index (χ0n) is 13.7. The second-order valence-corrected chi connectivity index (χ2v) is 5.23. The quantitative estimate of drug-likeness (QED) is 0.698. The summed E-state index contributed by atoms with van der Waals surface area (Å²) in [6.07, 6.45) is 0. The normalized spacial score (nSPS) is 10.6. The molecule has 0 fully saturated rings. The van der Waals surface area contributed by atoms with Crippen LogP contribution in [0.5, 0.6) is 11.5 Å². The summed E-state index contributed by atoms with van der Waals surface area (Å²) >= 11 is 0. The van der Waals surface area contributed by atoms with E-state index >= 15 is 0 Å². The number of carbonyl (C=O) groups is 1. The van der Waals surface area contributed by atoms with Crippen molar-refractivity contribution in [2.45, 2.75) is 13.5 Å². The summed E-state index contributed by atoms with van der Waals surface area (Å²) in [6, 6.07) is 15.2. The summed E-state index contributed by atoms with van der Waals surface area (Å²) in [6.45, 7) is 2.43.